The molecule has 1 aromatic rings. The molecule has 11 nitrogen and oxygen atoms in total. The van der Waals surface area contributed by atoms with Gasteiger partial charge in [0.05, 0.1) is 17.4 Å². The first-order valence-corrected chi connectivity index (χ1v) is 9.10. The molecule has 0 saturated carbocycles. The van der Waals surface area contributed by atoms with E-state index in [1.807, 2.05) is 0 Å². The summed E-state index contributed by atoms with van der Waals surface area (Å²) in [5.74, 6) is -2.15. The standard InChI is InChI=1S/C15H17N5O6S/c1-7(4-18-5-9(3-16-18)20(25)26)12(21)17-10-13(22)19-11(15(23)24)8(2)6-27-14(10)19/h3,5,7,10,14H,4,6H2,1-2H3,(H,17,21)(H,23,24). The second-order valence-corrected chi connectivity index (χ2v) is 7.51. The molecule has 0 radical (unpaired) electrons. The number of fused-ring (bicyclic) bond motifs is 1. The summed E-state index contributed by atoms with van der Waals surface area (Å²) < 4.78 is 1.29. The van der Waals surface area contributed by atoms with Crippen LogP contribution in [-0.2, 0) is 20.9 Å². The third-order valence-electron chi connectivity index (χ3n) is 4.40. The second-order valence-electron chi connectivity index (χ2n) is 6.41. The minimum atomic E-state index is -1.16. The van der Waals surface area contributed by atoms with Crippen LogP contribution in [0.2, 0.25) is 0 Å². The molecule has 1 aromatic heterocycles. The molecule has 3 unspecified atom stereocenters. The van der Waals surface area contributed by atoms with Gasteiger partial charge in [-0.1, -0.05) is 6.92 Å². The molecule has 0 bridgehead atoms. The Labute approximate surface area is 157 Å². The number of nitrogens with zero attached hydrogens (tertiary/aromatic N) is 4. The number of nitrogens with one attached hydrogen (secondary N) is 1. The van der Waals surface area contributed by atoms with Crippen molar-refractivity contribution in [2.24, 2.45) is 5.92 Å². The lowest BCUT2D eigenvalue weighted by Crippen LogP contribution is -2.70. The van der Waals surface area contributed by atoms with Gasteiger partial charge in [0.2, 0.25) is 5.91 Å². The Morgan fingerprint density at radius 1 is 1.56 bits per heavy atom. The second kappa shape index (κ2) is 7.02. The molecule has 3 atom stereocenters. The Morgan fingerprint density at radius 3 is 2.85 bits per heavy atom. The molecule has 0 spiro atoms. The summed E-state index contributed by atoms with van der Waals surface area (Å²) in [6.45, 7) is 3.39. The van der Waals surface area contributed by atoms with Crippen molar-refractivity contribution in [2.75, 3.05) is 5.75 Å². The first-order chi connectivity index (χ1) is 12.7. The molecule has 2 aliphatic heterocycles. The van der Waals surface area contributed by atoms with Gasteiger partial charge in [-0.25, -0.2) is 4.79 Å². The summed E-state index contributed by atoms with van der Waals surface area (Å²) in [6, 6.07) is -0.792. The lowest BCUT2D eigenvalue weighted by Gasteiger charge is -2.49. The maximum Gasteiger partial charge on any atom is 0.352 e. The fourth-order valence-electron chi connectivity index (χ4n) is 2.98. The molecule has 1 fully saturated rings. The van der Waals surface area contributed by atoms with Gasteiger partial charge in [-0.05, 0) is 12.5 Å². The van der Waals surface area contributed by atoms with Gasteiger partial charge in [-0.15, -0.1) is 11.8 Å². The highest BCUT2D eigenvalue weighted by Gasteiger charge is 2.53. The summed E-state index contributed by atoms with van der Waals surface area (Å²) in [6.07, 6.45) is 2.32. The zero-order chi connectivity index (χ0) is 19.9. The van der Waals surface area contributed by atoms with E-state index in [2.05, 4.69) is 10.4 Å². The van der Waals surface area contributed by atoms with E-state index in [-0.39, 0.29) is 17.9 Å². The van der Waals surface area contributed by atoms with Crippen molar-refractivity contribution < 1.29 is 24.4 Å². The third kappa shape index (κ3) is 3.39. The van der Waals surface area contributed by atoms with E-state index < -0.39 is 40.0 Å². The number of carbonyl (C=O) groups excluding carboxylic acids is 2. The molecule has 0 aliphatic carbocycles. The number of aliphatic carboxylic acids is 1. The Morgan fingerprint density at radius 2 is 2.26 bits per heavy atom. The average molecular weight is 395 g/mol. The van der Waals surface area contributed by atoms with E-state index in [0.717, 1.165) is 6.20 Å². The first kappa shape index (κ1) is 18.9. The highest BCUT2D eigenvalue weighted by molar-refractivity contribution is 8.00. The molecule has 1 saturated heterocycles. The topological polar surface area (TPSA) is 148 Å². The summed E-state index contributed by atoms with van der Waals surface area (Å²) >= 11 is 1.39. The highest BCUT2D eigenvalue weighted by Crippen LogP contribution is 2.40. The van der Waals surface area contributed by atoms with Crippen LogP contribution in [0.5, 0.6) is 0 Å². The van der Waals surface area contributed by atoms with Crippen LogP contribution in [0.4, 0.5) is 5.69 Å². The lowest BCUT2D eigenvalue weighted by molar-refractivity contribution is -0.385. The van der Waals surface area contributed by atoms with Crippen LogP contribution in [0, 0.1) is 16.0 Å². The van der Waals surface area contributed by atoms with Gasteiger partial charge in [-0.2, -0.15) is 5.10 Å². The predicted octanol–water partition coefficient (Wildman–Crippen LogP) is 0.186. The fraction of sp³-hybridized carbons (Fsp3) is 0.467. The van der Waals surface area contributed by atoms with Crippen molar-refractivity contribution in [3.8, 4) is 0 Å². The molecule has 144 valence electrons. The van der Waals surface area contributed by atoms with Gasteiger partial charge in [0.15, 0.2) is 0 Å². The van der Waals surface area contributed by atoms with Crippen molar-refractivity contribution in [3.63, 3.8) is 0 Å². The minimum Gasteiger partial charge on any atom is -0.477 e. The Kier molecular flexibility index (Phi) is 4.91. The number of nitro groups is 1. The van der Waals surface area contributed by atoms with Crippen LogP contribution in [0.15, 0.2) is 23.7 Å². The highest BCUT2D eigenvalue weighted by atomic mass is 32.2. The molecule has 12 heteroatoms. The van der Waals surface area contributed by atoms with Gasteiger partial charge in [0.1, 0.15) is 29.5 Å². The number of carboxylic acids is 1. The van der Waals surface area contributed by atoms with E-state index in [0.29, 0.717) is 11.3 Å². The molecule has 3 rings (SSSR count). The normalized spacial score (nSPS) is 22.7. The number of β-lactam (4-membered cyclic amide) rings is 1. The maximum atomic E-state index is 12.4. The van der Waals surface area contributed by atoms with Gasteiger partial charge in [0.25, 0.3) is 5.91 Å². The van der Waals surface area contributed by atoms with Crippen molar-refractivity contribution in [3.05, 3.63) is 33.8 Å². The summed E-state index contributed by atoms with van der Waals surface area (Å²) in [7, 11) is 0. The zero-order valence-electron chi connectivity index (χ0n) is 14.5. The van der Waals surface area contributed by atoms with Crippen LogP contribution in [-0.4, -0.2) is 59.7 Å². The quantitative estimate of drug-likeness (QED) is 0.394. The van der Waals surface area contributed by atoms with E-state index in [9.17, 15) is 29.6 Å². The molecular weight excluding hydrogens is 378 g/mol. The van der Waals surface area contributed by atoms with Crippen molar-refractivity contribution in [1.29, 1.82) is 0 Å². The van der Waals surface area contributed by atoms with Crippen LogP contribution in [0.1, 0.15) is 13.8 Å². The monoisotopic (exact) mass is 395 g/mol. The smallest absolute Gasteiger partial charge is 0.352 e. The van der Waals surface area contributed by atoms with Gasteiger partial charge < -0.3 is 10.4 Å². The fourth-order valence-corrected chi connectivity index (χ4v) is 4.27. The summed E-state index contributed by atoms with van der Waals surface area (Å²) in [5.41, 5.74) is 0.413. The number of thioether (sulfide) groups is 1. The SMILES string of the molecule is CC1=C(C(=O)O)N2C(=O)C(NC(=O)C(C)Cn3cc([N+](=O)[O-])cn3)C2SC1. The lowest BCUT2D eigenvalue weighted by atomic mass is 10.0. The first-order valence-electron chi connectivity index (χ1n) is 8.05. The number of amides is 2. The number of rotatable bonds is 6. The van der Waals surface area contributed by atoms with Gasteiger partial charge >= 0.3 is 11.7 Å². The molecule has 0 aromatic carbocycles. The number of hydrogen-bond acceptors (Lipinski definition) is 7. The average Bonchev–Trinajstić information content (AvgIpc) is 3.07. The van der Waals surface area contributed by atoms with Crippen LogP contribution >= 0.6 is 11.8 Å². The van der Waals surface area contributed by atoms with E-state index >= 15 is 0 Å². The summed E-state index contributed by atoms with van der Waals surface area (Å²) in [5, 5.41) is 26.0. The zero-order valence-corrected chi connectivity index (χ0v) is 15.3. The van der Waals surface area contributed by atoms with E-state index in [1.54, 1.807) is 13.8 Å². The molecule has 2 aliphatic rings. The predicted molar refractivity (Wildman–Crippen MR) is 93.4 cm³/mol. The van der Waals surface area contributed by atoms with Crippen LogP contribution in [0.3, 0.4) is 0 Å². The van der Waals surface area contributed by atoms with Crippen molar-refractivity contribution in [2.45, 2.75) is 31.8 Å². The molecule has 2 amide bonds. The molecular formula is C15H17N5O6S. The van der Waals surface area contributed by atoms with Gasteiger partial charge in [-0.3, -0.25) is 29.3 Å². The number of carbonyl (C=O) groups is 3. The molecule has 2 N–H and O–H groups in total. The minimum absolute atomic E-state index is 0.0221. The number of carboxylic acid groups (broad SMARTS) is 1. The van der Waals surface area contributed by atoms with E-state index in [1.165, 1.54) is 27.5 Å². The Hall–Kier alpha value is -2.89. The number of aromatic nitrogens is 2. The Balaban J connectivity index is 1.62. The van der Waals surface area contributed by atoms with Crippen LogP contribution < -0.4 is 5.32 Å². The van der Waals surface area contributed by atoms with Crippen molar-refractivity contribution >= 4 is 35.2 Å². The Bertz CT molecular complexity index is 865. The van der Waals surface area contributed by atoms with Crippen molar-refractivity contribution in [1.82, 2.24) is 20.0 Å². The third-order valence-corrected chi connectivity index (χ3v) is 5.82. The number of hydrogen-bond donors (Lipinski definition) is 2. The van der Waals surface area contributed by atoms with Crippen LogP contribution in [0.25, 0.3) is 0 Å². The van der Waals surface area contributed by atoms with E-state index in [4.69, 9.17) is 0 Å². The largest absolute Gasteiger partial charge is 0.477 e. The summed E-state index contributed by atoms with van der Waals surface area (Å²) in [4.78, 5) is 47.4. The molecule has 3 heterocycles. The molecule has 27 heavy (non-hydrogen) atoms. The maximum absolute atomic E-state index is 12.4. The van der Waals surface area contributed by atoms with Gasteiger partial charge in [0, 0.05) is 5.75 Å².